The third kappa shape index (κ3) is 5.49. The van der Waals surface area contributed by atoms with E-state index < -0.39 is 28.9 Å². The minimum atomic E-state index is -1.44. The van der Waals surface area contributed by atoms with Crippen molar-refractivity contribution in [1.82, 2.24) is 0 Å². The zero-order valence-corrected chi connectivity index (χ0v) is 31.7. The summed E-state index contributed by atoms with van der Waals surface area (Å²) in [5.41, 5.74) is 0.494. The van der Waals surface area contributed by atoms with Gasteiger partial charge in [0.1, 0.15) is 6.61 Å². The van der Waals surface area contributed by atoms with Crippen molar-refractivity contribution in [2.75, 3.05) is 14.2 Å². The summed E-state index contributed by atoms with van der Waals surface area (Å²) in [6.07, 6.45) is 7.89. The number of allylic oxidation sites excluding steroid dienone is 2. The number of carbonyl (C=O) groups excluding carboxylic acids is 4. The molecule has 0 heterocycles. The summed E-state index contributed by atoms with van der Waals surface area (Å²) in [4.78, 5) is 53.7. The van der Waals surface area contributed by atoms with E-state index >= 15 is 0 Å². The molecule has 0 aromatic heterocycles. The molecule has 1 aromatic carbocycles. The number of fused-ring (bicyclic) bond motifs is 7. The van der Waals surface area contributed by atoms with Crippen LogP contribution in [-0.4, -0.2) is 50.1 Å². The highest BCUT2D eigenvalue weighted by Crippen LogP contribution is 2.75. The van der Waals surface area contributed by atoms with Crippen molar-refractivity contribution >= 4 is 23.7 Å². The lowest BCUT2D eigenvalue weighted by atomic mass is 9.33. The van der Waals surface area contributed by atoms with Gasteiger partial charge in [0.25, 0.3) is 6.10 Å². The van der Waals surface area contributed by atoms with Crippen LogP contribution in [0.1, 0.15) is 112 Å². The summed E-state index contributed by atoms with van der Waals surface area (Å²) < 4.78 is 22.0. The predicted molar refractivity (Wildman–Crippen MR) is 188 cm³/mol. The van der Waals surface area contributed by atoms with Gasteiger partial charge in [-0.3, -0.25) is 9.59 Å². The van der Waals surface area contributed by atoms with E-state index in [-0.39, 0.29) is 63.9 Å². The molecular weight excluding hydrogens is 632 g/mol. The highest BCUT2D eigenvalue weighted by atomic mass is 16.6. The Bertz CT molecular complexity index is 1550. The van der Waals surface area contributed by atoms with Crippen molar-refractivity contribution < 1.29 is 38.1 Å². The number of rotatable bonds is 7. The largest absolute Gasteiger partial charge is 0.467 e. The molecule has 0 bridgehead atoms. The zero-order valence-electron chi connectivity index (χ0n) is 31.7. The highest BCUT2D eigenvalue weighted by molar-refractivity contribution is 5.98. The topological polar surface area (TPSA) is 105 Å². The molecule has 0 spiro atoms. The molecule has 0 amide bonds. The number of hydrogen-bond donors (Lipinski definition) is 0. The molecule has 0 N–H and O–H groups in total. The van der Waals surface area contributed by atoms with Crippen molar-refractivity contribution in [3.8, 4) is 0 Å². The second-order valence-corrected chi connectivity index (χ2v) is 18.2. The Morgan fingerprint density at radius 2 is 1.46 bits per heavy atom. The smallest absolute Gasteiger partial charge is 0.346 e. The molecule has 0 aliphatic heterocycles. The fourth-order valence-electron chi connectivity index (χ4n) is 12.1. The second-order valence-electron chi connectivity index (χ2n) is 18.2. The van der Waals surface area contributed by atoms with Crippen LogP contribution in [0.4, 0.5) is 0 Å². The maximum atomic E-state index is 14.8. The van der Waals surface area contributed by atoms with Crippen molar-refractivity contribution in [2.45, 2.75) is 125 Å². The van der Waals surface area contributed by atoms with E-state index in [9.17, 15) is 19.2 Å². The first-order chi connectivity index (χ1) is 23.4. The molecular formula is C42H58O8. The Balaban J connectivity index is 1.29. The van der Waals surface area contributed by atoms with Gasteiger partial charge < -0.3 is 18.9 Å². The van der Waals surface area contributed by atoms with Gasteiger partial charge in [-0.2, -0.15) is 0 Å². The van der Waals surface area contributed by atoms with E-state index in [2.05, 4.69) is 48.5 Å². The zero-order chi connectivity index (χ0) is 36.5. The maximum Gasteiger partial charge on any atom is 0.346 e. The average Bonchev–Trinajstić information content (AvgIpc) is 3.08. The van der Waals surface area contributed by atoms with E-state index in [0.717, 1.165) is 50.5 Å². The van der Waals surface area contributed by atoms with Crippen molar-refractivity contribution in [3.63, 3.8) is 0 Å². The number of methoxy groups -OCH3 is 2. The van der Waals surface area contributed by atoms with Crippen LogP contribution in [0.3, 0.4) is 0 Å². The minimum absolute atomic E-state index is 0.0301. The normalized spacial score (nSPS) is 40.3. The molecule has 8 nitrogen and oxygen atoms in total. The van der Waals surface area contributed by atoms with Gasteiger partial charge in [0.15, 0.2) is 5.78 Å². The standard InChI is InChI=1S/C42H58O8/c1-37(2)30-15-18-42(7)33(40(30,5)17-16-31(37)50-32(34(44)47-8)35(45)48-9)29(43)23-27-28-24-39(4,20-19-38(28,3)21-22-41(27,42)6)36(46)49-25-26-13-11-10-12-14-26/h10-14,23,28,30-33H,15-22,24-25H2,1-9H3/t28?,30-,31?,33+,38+,39-,40-,41+,42+/m0/s1. The van der Waals surface area contributed by atoms with Gasteiger partial charge in [0.05, 0.1) is 25.7 Å². The van der Waals surface area contributed by atoms with Crippen LogP contribution in [0.25, 0.3) is 0 Å². The molecule has 0 radical (unpaired) electrons. The molecule has 2 unspecified atom stereocenters. The van der Waals surface area contributed by atoms with Gasteiger partial charge >= 0.3 is 17.9 Å². The maximum absolute atomic E-state index is 14.8. The number of hydrogen-bond acceptors (Lipinski definition) is 8. The first kappa shape index (κ1) is 36.8. The third-order valence-corrected chi connectivity index (χ3v) is 15.3. The summed E-state index contributed by atoms with van der Waals surface area (Å²) in [7, 11) is 2.48. The van der Waals surface area contributed by atoms with Crippen LogP contribution in [-0.2, 0) is 44.7 Å². The molecule has 0 saturated heterocycles. The molecule has 4 fully saturated rings. The van der Waals surface area contributed by atoms with Crippen molar-refractivity contribution in [2.24, 2.45) is 50.2 Å². The predicted octanol–water partition coefficient (Wildman–Crippen LogP) is 7.81. The first-order valence-electron chi connectivity index (χ1n) is 18.7. The van der Waals surface area contributed by atoms with Gasteiger partial charge in [0.2, 0.25) is 0 Å². The number of ketones is 1. The van der Waals surface area contributed by atoms with Gasteiger partial charge in [0, 0.05) is 5.92 Å². The Morgan fingerprint density at radius 1 is 0.820 bits per heavy atom. The molecule has 6 rings (SSSR count). The molecule has 50 heavy (non-hydrogen) atoms. The molecule has 5 aliphatic rings. The van der Waals surface area contributed by atoms with Gasteiger partial charge in [-0.1, -0.05) is 77.4 Å². The molecule has 1 aromatic rings. The SMILES string of the molecule is COC(=O)C(OC1CC[C@]2(C)[C@H]3C(=O)C=C4C5C[C@@](C)(C(=O)OCc6ccccc6)CC[C@]5(C)CC[C@@]4(C)[C@]3(C)CC[C@H]2C1(C)C)C(=O)OC. The third-order valence-electron chi connectivity index (χ3n) is 15.3. The summed E-state index contributed by atoms with van der Waals surface area (Å²) in [6.45, 7) is 16.1. The lowest BCUT2D eigenvalue weighted by molar-refractivity contribution is -0.220. The molecule has 4 saturated carbocycles. The second kappa shape index (κ2) is 12.6. The van der Waals surface area contributed by atoms with Crippen LogP contribution in [0.15, 0.2) is 42.0 Å². The van der Waals surface area contributed by atoms with Crippen LogP contribution >= 0.6 is 0 Å². The average molecular weight is 691 g/mol. The van der Waals surface area contributed by atoms with Crippen LogP contribution in [0, 0.1) is 50.2 Å². The summed E-state index contributed by atoms with van der Waals surface area (Å²) in [6, 6.07) is 9.83. The quantitative estimate of drug-likeness (QED) is 0.162. The number of esters is 3. The Morgan fingerprint density at radius 3 is 2.10 bits per heavy atom. The minimum Gasteiger partial charge on any atom is -0.467 e. The van der Waals surface area contributed by atoms with Crippen molar-refractivity contribution in [1.29, 1.82) is 0 Å². The summed E-state index contributed by atoms with van der Waals surface area (Å²) in [5.74, 6) is -1.36. The number of carbonyl (C=O) groups is 4. The van der Waals surface area contributed by atoms with E-state index in [1.54, 1.807) is 0 Å². The lowest BCUT2D eigenvalue weighted by Crippen LogP contribution is -2.67. The Labute approximate surface area is 298 Å². The Hall–Kier alpha value is -3.00. The summed E-state index contributed by atoms with van der Waals surface area (Å²) >= 11 is 0. The number of ether oxygens (including phenoxy) is 4. The highest BCUT2D eigenvalue weighted by Gasteiger charge is 2.70. The monoisotopic (exact) mass is 690 g/mol. The molecule has 5 aliphatic carbocycles. The number of benzene rings is 1. The molecule has 8 heteroatoms. The van der Waals surface area contributed by atoms with E-state index in [4.69, 9.17) is 18.9 Å². The van der Waals surface area contributed by atoms with E-state index in [0.29, 0.717) is 12.8 Å². The molecule has 274 valence electrons. The Kier molecular flexibility index (Phi) is 9.26. The molecule has 9 atom stereocenters. The van der Waals surface area contributed by atoms with Crippen LogP contribution < -0.4 is 0 Å². The first-order valence-corrected chi connectivity index (χ1v) is 18.7. The fourth-order valence-corrected chi connectivity index (χ4v) is 12.1. The van der Waals surface area contributed by atoms with Crippen LogP contribution in [0.2, 0.25) is 0 Å². The van der Waals surface area contributed by atoms with Gasteiger partial charge in [-0.15, -0.1) is 0 Å². The van der Waals surface area contributed by atoms with Gasteiger partial charge in [-0.25, -0.2) is 9.59 Å². The van der Waals surface area contributed by atoms with Gasteiger partial charge in [-0.05, 0) is 115 Å². The van der Waals surface area contributed by atoms with E-state index in [1.165, 1.54) is 19.8 Å². The van der Waals surface area contributed by atoms with Crippen molar-refractivity contribution in [3.05, 3.63) is 47.5 Å². The lowest BCUT2D eigenvalue weighted by Gasteiger charge is -2.70. The van der Waals surface area contributed by atoms with Crippen LogP contribution in [0.5, 0.6) is 0 Å². The summed E-state index contributed by atoms with van der Waals surface area (Å²) in [5, 5.41) is 0. The van der Waals surface area contributed by atoms with E-state index in [1.807, 2.05) is 36.4 Å². The fraction of sp³-hybridized carbons (Fsp3) is 0.714.